The maximum Gasteiger partial charge on any atom is 0.251 e. The minimum Gasteiger partial charge on any atom is -0.383 e. The lowest BCUT2D eigenvalue weighted by Crippen LogP contribution is -2.28. The minimum atomic E-state index is -3.69. The molecule has 2 aromatic rings. The van der Waals surface area contributed by atoms with Crippen LogP contribution in [0.25, 0.3) is 0 Å². The summed E-state index contributed by atoms with van der Waals surface area (Å²) in [5.41, 5.74) is 0.247. The molecule has 0 bridgehead atoms. The Kier molecular flexibility index (Phi) is 6.62. The second kappa shape index (κ2) is 8.70. The van der Waals surface area contributed by atoms with Gasteiger partial charge in [-0.05, 0) is 25.1 Å². The summed E-state index contributed by atoms with van der Waals surface area (Å²) in [5.74, 6) is 0.571. The molecule has 2 rings (SSSR count). The van der Waals surface area contributed by atoms with E-state index in [-0.39, 0.29) is 29.5 Å². The lowest BCUT2D eigenvalue weighted by Gasteiger charge is -2.08. The molecule has 1 heterocycles. The number of carbonyl (C=O) groups excluding carboxylic acids is 1. The average Bonchev–Trinajstić information content (AvgIpc) is 3.00. The Morgan fingerprint density at radius 2 is 2.12 bits per heavy atom. The van der Waals surface area contributed by atoms with E-state index >= 15 is 0 Å². The molecule has 0 fully saturated rings. The highest BCUT2D eigenvalue weighted by atomic mass is 32.2. The topological polar surface area (TPSA) is 123 Å². The highest BCUT2D eigenvalue weighted by molar-refractivity contribution is 7.89. The van der Waals surface area contributed by atoms with Crippen LogP contribution >= 0.6 is 0 Å². The summed E-state index contributed by atoms with van der Waals surface area (Å²) in [5, 5.41) is 6.35. The van der Waals surface area contributed by atoms with Crippen LogP contribution in [0.15, 0.2) is 33.7 Å². The minimum absolute atomic E-state index is 0.0174. The third-order valence-corrected chi connectivity index (χ3v) is 4.66. The van der Waals surface area contributed by atoms with E-state index < -0.39 is 10.0 Å². The second-order valence-electron chi connectivity index (χ2n) is 5.16. The Labute approximate surface area is 145 Å². The van der Waals surface area contributed by atoms with Crippen LogP contribution in [0.2, 0.25) is 0 Å². The zero-order valence-electron chi connectivity index (χ0n) is 14.0. The molecule has 0 saturated carbocycles. The van der Waals surface area contributed by atoms with Crippen molar-refractivity contribution in [3.63, 3.8) is 0 Å². The predicted molar refractivity (Wildman–Crippen MR) is 88.6 cm³/mol. The number of aryl methyl sites for hydroxylation is 1. The maximum absolute atomic E-state index is 12.2. The van der Waals surface area contributed by atoms with Gasteiger partial charge in [0.2, 0.25) is 15.9 Å². The molecule has 10 heteroatoms. The fourth-order valence-corrected chi connectivity index (χ4v) is 3.05. The van der Waals surface area contributed by atoms with Gasteiger partial charge in [-0.3, -0.25) is 4.79 Å². The van der Waals surface area contributed by atoms with Gasteiger partial charge in [0, 0.05) is 32.2 Å². The Bertz CT molecular complexity index is 819. The lowest BCUT2D eigenvalue weighted by atomic mass is 10.2. The van der Waals surface area contributed by atoms with Crippen molar-refractivity contribution >= 4 is 15.9 Å². The van der Waals surface area contributed by atoms with E-state index in [1.54, 1.807) is 13.0 Å². The molecule has 0 saturated heterocycles. The Morgan fingerprint density at radius 1 is 1.32 bits per heavy atom. The molecule has 0 atom stereocenters. The number of hydrogen-bond donors (Lipinski definition) is 2. The first-order valence-electron chi connectivity index (χ1n) is 7.58. The normalized spacial score (nSPS) is 11.4. The number of aromatic nitrogens is 2. The number of sulfonamides is 1. The third kappa shape index (κ3) is 5.62. The number of ether oxygens (including phenoxy) is 1. The van der Waals surface area contributed by atoms with Gasteiger partial charge in [-0.2, -0.15) is 4.98 Å². The number of nitrogens with one attached hydrogen (secondary N) is 2. The quantitative estimate of drug-likeness (QED) is 0.609. The van der Waals surface area contributed by atoms with Gasteiger partial charge in [0.1, 0.15) is 0 Å². The van der Waals surface area contributed by atoms with Crippen LogP contribution in [0.5, 0.6) is 0 Å². The van der Waals surface area contributed by atoms with Gasteiger partial charge in [-0.25, -0.2) is 13.1 Å². The SMILES string of the molecule is COCCNS(=O)(=O)c1cccc(C(=O)NCCc2nc(C)no2)c1. The standard InChI is InChI=1S/C15H20N4O5S/c1-11-18-14(24-19-11)6-7-16-15(20)12-4-3-5-13(10-12)25(21,22)17-8-9-23-2/h3-5,10,17H,6-9H2,1-2H3,(H,16,20). The fourth-order valence-electron chi connectivity index (χ4n) is 1.99. The van der Waals surface area contributed by atoms with Crippen LogP contribution in [-0.4, -0.2) is 51.3 Å². The zero-order valence-corrected chi connectivity index (χ0v) is 14.8. The van der Waals surface area contributed by atoms with Gasteiger partial charge in [-0.1, -0.05) is 11.2 Å². The van der Waals surface area contributed by atoms with E-state index in [0.29, 0.717) is 24.7 Å². The Balaban J connectivity index is 1.96. The van der Waals surface area contributed by atoms with E-state index in [1.165, 1.54) is 25.3 Å². The molecular weight excluding hydrogens is 348 g/mol. The number of rotatable bonds is 9. The molecule has 0 unspecified atom stereocenters. The van der Waals surface area contributed by atoms with Crippen LogP contribution < -0.4 is 10.0 Å². The van der Waals surface area contributed by atoms with Gasteiger partial charge in [-0.15, -0.1) is 0 Å². The highest BCUT2D eigenvalue weighted by Crippen LogP contribution is 2.11. The van der Waals surface area contributed by atoms with Crippen molar-refractivity contribution in [1.82, 2.24) is 20.2 Å². The van der Waals surface area contributed by atoms with Crippen molar-refractivity contribution in [2.24, 2.45) is 0 Å². The number of nitrogens with zero attached hydrogens (tertiary/aromatic N) is 2. The molecule has 1 aromatic carbocycles. The molecule has 2 N–H and O–H groups in total. The van der Waals surface area contributed by atoms with Gasteiger partial charge < -0.3 is 14.6 Å². The molecule has 25 heavy (non-hydrogen) atoms. The first-order chi connectivity index (χ1) is 11.9. The van der Waals surface area contributed by atoms with Crippen molar-refractivity contribution in [2.45, 2.75) is 18.2 Å². The molecular formula is C15H20N4O5S. The smallest absolute Gasteiger partial charge is 0.251 e. The molecule has 0 aliphatic carbocycles. The summed E-state index contributed by atoms with van der Waals surface area (Å²) >= 11 is 0. The largest absolute Gasteiger partial charge is 0.383 e. The highest BCUT2D eigenvalue weighted by Gasteiger charge is 2.16. The van der Waals surface area contributed by atoms with E-state index in [4.69, 9.17) is 9.26 Å². The van der Waals surface area contributed by atoms with Gasteiger partial charge >= 0.3 is 0 Å². The second-order valence-corrected chi connectivity index (χ2v) is 6.93. The average molecular weight is 368 g/mol. The number of carbonyl (C=O) groups is 1. The van der Waals surface area contributed by atoms with Crippen LogP contribution in [0, 0.1) is 6.92 Å². The molecule has 1 aromatic heterocycles. The van der Waals surface area contributed by atoms with Crippen molar-refractivity contribution in [2.75, 3.05) is 26.8 Å². The van der Waals surface area contributed by atoms with Crippen molar-refractivity contribution in [1.29, 1.82) is 0 Å². The van der Waals surface area contributed by atoms with Crippen LogP contribution in [-0.2, 0) is 21.2 Å². The van der Waals surface area contributed by atoms with E-state index in [1.807, 2.05) is 0 Å². The summed E-state index contributed by atoms with van der Waals surface area (Å²) < 4.78 is 36.5. The number of methoxy groups -OCH3 is 1. The summed E-state index contributed by atoms with van der Waals surface area (Å²) in [6.07, 6.45) is 0.392. The summed E-state index contributed by atoms with van der Waals surface area (Å²) in [4.78, 5) is 16.2. The molecule has 0 aliphatic rings. The van der Waals surface area contributed by atoms with E-state index in [2.05, 4.69) is 20.2 Å². The zero-order chi connectivity index (χ0) is 18.3. The Hall–Kier alpha value is -2.30. The predicted octanol–water partition coefficient (Wildman–Crippen LogP) is 0.275. The van der Waals surface area contributed by atoms with Crippen LogP contribution in [0.4, 0.5) is 0 Å². The first kappa shape index (κ1) is 19.0. The summed E-state index contributed by atoms with van der Waals surface area (Å²) in [6.45, 7) is 2.41. The van der Waals surface area contributed by atoms with Crippen LogP contribution in [0.1, 0.15) is 22.1 Å². The summed E-state index contributed by atoms with van der Waals surface area (Å²) in [7, 11) is -2.21. The first-order valence-corrected chi connectivity index (χ1v) is 9.07. The van der Waals surface area contributed by atoms with E-state index in [0.717, 1.165) is 0 Å². The van der Waals surface area contributed by atoms with Gasteiger partial charge in [0.05, 0.1) is 11.5 Å². The van der Waals surface area contributed by atoms with Crippen LogP contribution in [0.3, 0.4) is 0 Å². The van der Waals surface area contributed by atoms with Crippen molar-refractivity contribution in [3.8, 4) is 0 Å². The summed E-state index contributed by atoms with van der Waals surface area (Å²) in [6, 6.07) is 5.80. The molecule has 9 nitrogen and oxygen atoms in total. The molecule has 136 valence electrons. The lowest BCUT2D eigenvalue weighted by molar-refractivity contribution is 0.0953. The third-order valence-electron chi connectivity index (χ3n) is 3.20. The van der Waals surface area contributed by atoms with Gasteiger partial charge in [0.25, 0.3) is 5.91 Å². The molecule has 0 radical (unpaired) electrons. The van der Waals surface area contributed by atoms with Crippen molar-refractivity contribution < 1.29 is 22.5 Å². The molecule has 0 aliphatic heterocycles. The molecule has 1 amide bonds. The number of benzene rings is 1. The fraction of sp³-hybridized carbons (Fsp3) is 0.400. The number of hydrogen-bond acceptors (Lipinski definition) is 7. The maximum atomic E-state index is 12.2. The molecule has 0 spiro atoms. The number of amides is 1. The van der Waals surface area contributed by atoms with Crippen molar-refractivity contribution in [3.05, 3.63) is 41.5 Å². The monoisotopic (exact) mass is 368 g/mol. The van der Waals surface area contributed by atoms with E-state index in [9.17, 15) is 13.2 Å². The Morgan fingerprint density at radius 3 is 2.80 bits per heavy atom. The van der Waals surface area contributed by atoms with Gasteiger partial charge in [0.15, 0.2) is 5.82 Å².